The SMILES string of the molecule is CC(C)(C)OC(=O)N1CC[C@@H](Oc2ccc3c(nnn3CC3CC3)c2Br)[C@@H](O)C1. The van der Waals surface area contributed by atoms with Crippen LogP contribution in [0.5, 0.6) is 5.75 Å². The van der Waals surface area contributed by atoms with Crippen LogP contribution in [-0.4, -0.2) is 62.0 Å². The van der Waals surface area contributed by atoms with E-state index in [0.29, 0.717) is 24.6 Å². The molecule has 2 aliphatic rings. The number of aromatic nitrogens is 3. The molecule has 158 valence electrons. The van der Waals surface area contributed by atoms with E-state index in [1.54, 1.807) is 0 Å². The molecule has 0 bridgehead atoms. The van der Waals surface area contributed by atoms with Crippen LogP contribution < -0.4 is 4.74 Å². The third-order valence-corrected chi connectivity index (χ3v) is 5.93. The van der Waals surface area contributed by atoms with Crippen molar-refractivity contribution in [2.45, 2.75) is 64.4 Å². The summed E-state index contributed by atoms with van der Waals surface area (Å²) in [5.41, 5.74) is 1.16. The van der Waals surface area contributed by atoms with E-state index in [0.717, 1.165) is 22.1 Å². The van der Waals surface area contributed by atoms with Gasteiger partial charge in [-0.3, -0.25) is 0 Å². The van der Waals surface area contributed by atoms with Crippen molar-refractivity contribution < 1.29 is 19.4 Å². The van der Waals surface area contributed by atoms with E-state index >= 15 is 0 Å². The van der Waals surface area contributed by atoms with Crippen molar-refractivity contribution in [2.75, 3.05) is 13.1 Å². The summed E-state index contributed by atoms with van der Waals surface area (Å²) in [6.45, 7) is 7.01. The Bertz CT molecular complexity index is 906. The van der Waals surface area contributed by atoms with Crippen LogP contribution in [0, 0.1) is 5.92 Å². The third-order valence-electron chi connectivity index (χ3n) is 5.17. The first-order chi connectivity index (χ1) is 13.7. The van der Waals surface area contributed by atoms with Gasteiger partial charge in [0.05, 0.1) is 16.5 Å². The molecule has 4 rings (SSSR count). The Balaban J connectivity index is 1.42. The summed E-state index contributed by atoms with van der Waals surface area (Å²) in [7, 11) is 0. The van der Waals surface area contributed by atoms with Crippen LogP contribution in [0.15, 0.2) is 16.6 Å². The number of hydrogen-bond donors (Lipinski definition) is 1. The van der Waals surface area contributed by atoms with Gasteiger partial charge in [-0.2, -0.15) is 0 Å². The Hall–Kier alpha value is -1.87. The molecule has 1 saturated carbocycles. The lowest BCUT2D eigenvalue weighted by Crippen LogP contribution is -2.52. The van der Waals surface area contributed by atoms with E-state index in [-0.39, 0.29) is 6.54 Å². The van der Waals surface area contributed by atoms with Crippen LogP contribution in [-0.2, 0) is 11.3 Å². The van der Waals surface area contributed by atoms with Gasteiger partial charge in [0, 0.05) is 19.5 Å². The number of likely N-dealkylation sites (tertiary alicyclic amines) is 1. The zero-order valence-electron chi connectivity index (χ0n) is 17.0. The number of carbonyl (C=O) groups excluding carboxylic acids is 1. The maximum atomic E-state index is 12.2. The predicted octanol–water partition coefficient (Wildman–Crippen LogP) is 3.35. The van der Waals surface area contributed by atoms with Gasteiger partial charge in [0.25, 0.3) is 0 Å². The van der Waals surface area contributed by atoms with Gasteiger partial charge in [0.2, 0.25) is 0 Å². The summed E-state index contributed by atoms with van der Waals surface area (Å²) in [4.78, 5) is 13.8. The fourth-order valence-corrected chi connectivity index (χ4v) is 3.97. The smallest absolute Gasteiger partial charge is 0.410 e. The minimum atomic E-state index is -0.801. The number of nitrogens with zero attached hydrogens (tertiary/aromatic N) is 4. The average Bonchev–Trinajstić information content (AvgIpc) is 3.36. The molecular weight excluding hydrogens is 440 g/mol. The van der Waals surface area contributed by atoms with E-state index in [1.807, 2.05) is 37.6 Å². The van der Waals surface area contributed by atoms with Gasteiger partial charge in [-0.15, -0.1) is 5.10 Å². The first-order valence-corrected chi connectivity index (χ1v) is 10.8. The van der Waals surface area contributed by atoms with Crippen molar-refractivity contribution >= 4 is 33.1 Å². The number of ether oxygens (including phenoxy) is 2. The highest BCUT2D eigenvalue weighted by Crippen LogP contribution is 2.36. The van der Waals surface area contributed by atoms with Crippen LogP contribution in [0.1, 0.15) is 40.0 Å². The maximum absolute atomic E-state index is 12.2. The molecule has 1 saturated heterocycles. The van der Waals surface area contributed by atoms with E-state index in [1.165, 1.54) is 17.7 Å². The summed E-state index contributed by atoms with van der Waals surface area (Å²) in [5, 5.41) is 19.1. The lowest BCUT2D eigenvalue weighted by molar-refractivity contribution is -0.0376. The number of aliphatic hydroxyl groups excluding tert-OH is 1. The zero-order valence-corrected chi connectivity index (χ0v) is 18.6. The molecule has 0 unspecified atom stereocenters. The number of carbonyl (C=O) groups is 1. The Morgan fingerprint density at radius 1 is 1.31 bits per heavy atom. The third kappa shape index (κ3) is 4.66. The highest BCUT2D eigenvalue weighted by atomic mass is 79.9. The average molecular weight is 467 g/mol. The molecule has 2 atom stereocenters. The lowest BCUT2D eigenvalue weighted by atomic mass is 10.1. The van der Waals surface area contributed by atoms with Crippen LogP contribution >= 0.6 is 15.9 Å². The highest BCUT2D eigenvalue weighted by molar-refractivity contribution is 9.10. The summed E-state index contributed by atoms with van der Waals surface area (Å²) in [5.74, 6) is 1.32. The molecule has 8 nitrogen and oxygen atoms in total. The molecule has 29 heavy (non-hydrogen) atoms. The number of piperidine rings is 1. The summed E-state index contributed by atoms with van der Waals surface area (Å²) in [6.07, 6.45) is 1.39. The molecule has 1 aromatic carbocycles. The number of rotatable bonds is 4. The largest absolute Gasteiger partial charge is 0.486 e. The highest BCUT2D eigenvalue weighted by Gasteiger charge is 2.34. The number of benzene rings is 1. The van der Waals surface area contributed by atoms with Crippen molar-refractivity contribution in [1.29, 1.82) is 0 Å². The van der Waals surface area contributed by atoms with Crippen molar-refractivity contribution in [1.82, 2.24) is 19.9 Å². The van der Waals surface area contributed by atoms with Gasteiger partial charge >= 0.3 is 6.09 Å². The Kier molecular flexibility index (Phi) is 5.46. The van der Waals surface area contributed by atoms with Crippen LogP contribution in [0.2, 0.25) is 0 Å². The molecule has 2 fully saturated rings. The van der Waals surface area contributed by atoms with E-state index in [9.17, 15) is 9.90 Å². The zero-order chi connectivity index (χ0) is 20.8. The Morgan fingerprint density at radius 2 is 2.07 bits per heavy atom. The van der Waals surface area contributed by atoms with Crippen LogP contribution in [0.25, 0.3) is 11.0 Å². The molecule has 1 amide bonds. The minimum absolute atomic E-state index is 0.178. The molecular formula is C20H27BrN4O4. The van der Waals surface area contributed by atoms with E-state index < -0.39 is 23.9 Å². The van der Waals surface area contributed by atoms with Gasteiger partial charge in [-0.25, -0.2) is 9.48 Å². The van der Waals surface area contributed by atoms with Crippen LogP contribution in [0.4, 0.5) is 4.79 Å². The molecule has 1 aliphatic carbocycles. The standard InChI is InChI=1S/C20H27BrN4O4/c1-20(2,3)29-19(27)24-9-8-15(14(26)11-24)28-16-7-6-13-18(17(16)21)22-23-25(13)10-12-4-5-12/h6-7,12,14-15,26H,4-5,8-11H2,1-3H3/t14-,15+/m0/s1. The van der Waals surface area contributed by atoms with Crippen LogP contribution in [0.3, 0.4) is 0 Å². The van der Waals surface area contributed by atoms with Crippen molar-refractivity contribution in [3.63, 3.8) is 0 Å². The second-order valence-electron chi connectivity index (χ2n) is 8.90. The number of halogens is 1. The quantitative estimate of drug-likeness (QED) is 0.742. The predicted molar refractivity (Wildman–Crippen MR) is 111 cm³/mol. The summed E-state index contributed by atoms with van der Waals surface area (Å²) < 4.78 is 14.2. The molecule has 0 radical (unpaired) electrons. The second-order valence-corrected chi connectivity index (χ2v) is 9.69. The number of aliphatic hydroxyl groups is 1. The van der Waals surface area contributed by atoms with E-state index in [4.69, 9.17) is 9.47 Å². The van der Waals surface area contributed by atoms with Crippen molar-refractivity contribution in [3.8, 4) is 5.75 Å². The number of hydrogen-bond acceptors (Lipinski definition) is 6. The number of amides is 1. The van der Waals surface area contributed by atoms with Gasteiger partial charge < -0.3 is 19.5 Å². The number of fused-ring (bicyclic) bond motifs is 1. The van der Waals surface area contributed by atoms with Crippen molar-refractivity contribution in [3.05, 3.63) is 16.6 Å². The fourth-order valence-electron chi connectivity index (χ4n) is 3.46. The maximum Gasteiger partial charge on any atom is 0.410 e. The topological polar surface area (TPSA) is 89.7 Å². The Morgan fingerprint density at radius 3 is 2.72 bits per heavy atom. The molecule has 0 spiro atoms. The monoisotopic (exact) mass is 466 g/mol. The fraction of sp³-hybridized carbons (Fsp3) is 0.650. The number of β-amino-alcohol motifs (C(OH)–C–C–N with tert-alkyl or cyclic N) is 1. The lowest BCUT2D eigenvalue weighted by Gasteiger charge is -2.36. The first-order valence-electron chi connectivity index (χ1n) is 10.1. The molecule has 9 heteroatoms. The molecule has 1 aliphatic heterocycles. The van der Waals surface area contributed by atoms with E-state index in [2.05, 4.69) is 26.2 Å². The first kappa shape index (κ1) is 20.4. The van der Waals surface area contributed by atoms with Crippen molar-refractivity contribution in [2.24, 2.45) is 5.92 Å². The van der Waals surface area contributed by atoms with Gasteiger partial charge in [-0.05, 0) is 67.6 Å². The minimum Gasteiger partial charge on any atom is -0.486 e. The normalized spacial score (nSPS) is 22.7. The van der Waals surface area contributed by atoms with Gasteiger partial charge in [0.1, 0.15) is 29.1 Å². The Labute approximate surface area is 178 Å². The van der Waals surface area contributed by atoms with Gasteiger partial charge in [0.15, 0.2) is 0 Å². The molecule has 1 aromatic heterocycles. The molecule has 2 aromatic rings. The summed E-state index contributed by atoms with van der Waals surface area (Å²) in [6, 6.07) is 3.84. The molecule has 2 heterocycles. The second kappa shape index (κ2) is 7.75. The van der Waals surface area contributed by atoms with Gasteiger partial charge in [-0.1, -0.05) is 5.21 Å². The summed E-state index contributed by atoms with van der Waals surface area (Å²) >= 11 is 3.58. The molecule has 1 N–H and O–H groups in total.